The van der Waals surface area contributed by atoms with Gasteiger partial charge in [0.05, 0.1) is 18.2 Å². The normalized spacial score (nSPS) is 17.9. The third kappa shape index (κ3) is 4.47. The van der Waals surface area contributed by atoms with Crippen LogP contribution in [0.15, 0.2) is 71.2 Å². The highest BCUT2D eigenvalue weighted by molar-refractivity contribution is 9.10. The summed E-state index contributed by atoms with van der Waals surface area (Å²) in [5, 5.41) is 11.0. The molecule has 6 nitrogen and oxygen atoms in total. The Kier molecular flexibility index (Phi) is 7.07. The van der Waals surface area contributed by atoms with E-state index >= 15 is 0 Å². The maximum atomic E-state index is 12.9. The van der Waals surface area contributed by atoms with Gasteiger partial charge in [-0.2, -0.15) is 0 Å². The molecular formula is C23H22BrNO5. The molecule has 1 unspecified atom stereocenters. The number of rotatable bonds is 8. The number of carbonyl (C=O) groups excluding carboxylic acids is 2. The lowest BCUT2D eigenvalue weighted by atomic mass is 9.95. The Bertz CT molecular complexity index is 983. The lowest BCUT2D eigenvalue weighted by molar-refractivity contribution is -0.140. The van der Waals surface area contributed by atoms with E-state index in [1.807, 2.05) is 0 Å². The average molecular weight is 472 g/mol. The van der Waals surface area contributed by atoms with Gasteiger partial charge < -0.3 is 19.5 Å². The molecule has 0 saturated carbocycles. The minimum Gasteiger partial charge on any atom is -0.507 e. The first-order valence-electron chi connectivity index (χ1n) is 9.35. The third-order valence-electron chi connectivity index (χ3n) is 4.74. The molecule has 2 aromatic carbocycles. The van der Waals surface area contributed by atoms with Crippen molar-refractivity contribution >= 4 is 33.4 Å². The predicted octanol–water partition coefficient (Wildman–Crippen LogP) is 4.08. The van der Waals surface area contributed by atoms with Crippen LogP contribution in [-0.2, 0) is 14.3 Å². The summed E-state index contributed by atoms with van der Waals surface area (Å²) in [6, 6.07) is 13.2. The Labute approximate surface area is 183 Å². The van der Waals surface area contributed by atoms with E-state index < -0.39 is 17.7 Å². The molecule has 0 aromatic heterocycles. The number of aliphatic hydroxyl groups excluding tert-OH is 1. The van der Waals surface area contributed by atoms with E-state index in [0.717, 1.165) is 4.47 Å². The highest BCUT2D eigenvalue weighted by Gasteiger charge is 2.45. The number of ketones is 1. The van der Waals surface area contributed by atoms with Crippen LogP contribution in [0.5, 0.6) is 5.75 Å². The number of likely N-dealkylation sites (tertiary alicyclic amines) is 1. The lowest BCUT2D eigenvalue weighted by Gasteiger charge is -2.25. The Morgan fingerprint density at radius 2 is 1.97 bits per heavy atom. The van der Waals surface area contributed by atoms with E-state index in [1.165, 1.54) is 12.0 Å². The number of carbonyl (C=O) groups is 2. The Hall–Kier alpha value is -2.90. The van der Waals surface area contributed by atoms with Gasteiger partial charge in [0, 0.05) is 23.7 Å². The smallest absolute Gasteiger partial charge is 0.295 e. The molecule has 1 heterocycles. The summed E-state index contributed by atoms with van der Waals surface area (Å²) < 4.78 is 11.6. The summed E-state index contributed by atoms with van der Waals surface area (Å²) in [5.74, 6) is -1.04. The number of benzene rings is 2. The van der Waals surface area contributed by atoms with E-state index in [0.29, 0.717) is 23.5 Å². The van der Waals surface area contributed by atoms with Crippen LogP contribution in [0.3, 0.4) is 0 Å². The molecule has 1 atom stereocenters. The van der Waals surface area contributed by atoms with Crippen molar-refractivity contribution < 1.29 is 24.2 Å². The van der Waals surface area contributed by atoms with Crippen molar-refractivity contribution in [3.8, 4) is 5.75 Å². The topological polar surface area (TPSA) is 76.1 Å². The van der Waals surface area contributed by atoms with Gasteiger partial charge >= 0.3 is 0 Å². The second kappa shape index (κ2) is 9.73. The van der Waals surface area contributed by atoms with Crippen LogP contribution in [0.1, 0.15) is 17.2 Å². The van der Waals surface area contributed by atoms with E-state index in [-0.39, 0.29) is 24.5 Å². The number of aliphatic hydroxyl groups is 1. The average Bonchev–Trinajstić information content (AvgIpc) is 3.01. The Balaban J connectivity index is 2.12. The van der Waals surface area contributed by atoms with Crippen LogP contribution in [0.25, 0.3) is 5.76 Å². The minimum atomic E-state index is -0.754. The summed E-state index contributed by atoms with van der Waals surface area (Å²) in [6.45, 7) is 4.43. The molecule has 1 N–H and O–H groups in total. The molecule has 30 heavy (non-hydrogen) atoms. The SMILES string of the molecule is C=CCOc1cccc(C2/C(=C(/O)c3ccc(Br)cc3)C(=O)C(=O)N2CCOC)c1. The first-order chi connectivity index (χ1) is 14.5. The van der Waals surface area contributed by atoms with Crippen molar-refractivity contribution in [3.63, 3.8) is 0 Å². The zero-order valence-electron chi connectivity index (χ0n) is 16.5. The van der Waals surface area contributed by atoms with E-state index in [4.69, 9.17) is 9.47 Å². The van der Waals surface area contributed by atoms with Crippen LogP contribution in [0.2, 0.25) is 0 Å². The quantitative estimate of drug-likeness (QED) is 0.271. The van der Waals surface area contributed by atoms with Gasteiger partial charge in [0.2, 0.25) is 0 Å². The molecule has 1 aliphatic heterocycles. The van der Waals surface area contributed by atoms with E-state index in [1.54, 1.807) is 54.6 Å². The highest BCUT2D eigenvalue weighted by atomic mass is 79.9. The number of halogens is 1. The second-order valence-electron chi connectivity index (χ2n) is 6.66. The maximum Gasteiger partial charge on any atom is 0.295 e. The van der Waals surface area contributed by atoms with Gasteiger partial charge in [0.25, 0.3) is 11.7 Å². The van der Waals surface area contributed by atoms with Crippen LogP contribution < -0.4 is 4.74 Å². The van der Waals surface area contributed by atoms with Gasteiger partial charge in [-0.05, 0) is 29.8 Å². The number of Topliss-reactive ketones (excluding diaryl/α,β-unsaturated/α-hetero) is 1. The van der Waals surface area contributed by atoms with Crippen molar-refractivity contribution in [2.75, 3.05) is 26.9 Å². The van der Waals surface area contributed by atoms with Crippen molar-refractivity contribution in [2.24, 2.45) is 0 Å². The number of methoxy groups -OCH3 is 1. The molecule has 1 aliphatic rings. The first-order valence-corrected chi connectivity index (χ1v) is 10.1. The van der Waals surface area contributed by atoms with Gasteiger partial charge in [-0.25, -0.2) is 0 Å². The molecule has 156 valence electrons. The number of nitrogens with zero attached hydrogens (tertiary/aromatic N) is 1. The lowest BCUT2D eigenvalue weighted by Crippen LogP contribution is -2.32. The fourth-order valence-corrected chi connectivity index (χ4v) is 3.60. The monoisotopic (exact) mass is 471 g/mol. The van der Waals surface area contributed by atoms with E-state index in [2.05, 4.69) is 22.5 Å². The molecular weight excluding hydrogens is 450 g/mol. The molecule has 2 aromatic rings. The zero-order valence-corrected chi connectivity index (χ0v) is 18.1. The van der Waals surface area contributed by atoms with Crippen LogP contribution in [0.4, 0.5) is 0 Å². The minimum absolute atomic E-state index is 0.0410. The van der Waals surface area contributed by atoms with Crippen LogP contribution in [-0.4, -0.2) is 48.6 Å². The molecule has 1 fully saturated rings. The standard InChI is InChI=1S/C23H22BrNO5/c1-3-12-30-18-6-4-5-16(14-18)20-19(21(26)15-7-9-17(24)10-8-15)22(27)23(28)25(20)11-13-29-2/h3-10,14,20,26H,1,11-13H2,2H3/b21-19-. The van der Waals surface area contributed by atoms with Gasteiger partial charge in [-0.1, -0.05) is 52.9 Å². The summed E-state index contributed by atoms with van der Waals surface area (Å²) in [6.07, 6.45) is 1.63. The van der Waals surface area contributed by atoms with Crippen molar-refractivity contribution in [1.29, 1.82) is 0 Å². The zero-order chi connectivity index (χ0) is 21.7. The van der Waals surface area contributed by atoms with Gasteiger partial charge in [0.1, 0.15) is 18.1 Å². The third-order valence-corrected chi connectivity index (χ3v) is 5.26. The van der Waals surface area contributed by atoms with Crippen molar-refractivity contribution in [3.05, 3.63) is 82.4 Å². The van der Waals surface area contributed by atoms with Crippen molar-refractivity contribution in [2.45, 2.75) is 6.04 Å². The summed E-state index contributed by atoms with van der Waals surface area (Å²) >= 11 is 3.35. The molecule has 7 heteroatoms. The van der Waals surface area contributed by atoms with Crippen LogP contribution in [0, 0.1) is 0 Å². The highest BCUT2D eigenvalue weighted by Crippen LogP contribution is 2.40. The number of amides is 1. The molecule has 1 saturated heterocycles. The number of ether oxygens (including phenoxy) is 2. The molecule has 0 radical (unpaired) electrons. The largest absolute Gasteiger partial charge is 0.507 e. The Morgan fingerprint density at radius 3 is 2.63 bits per heavy atom. The fraction of sp³-hybridized carbons (Fsp3) is 0.217. The number of hydrogen-bond donors (Lipinski definition) is 1. The van der Waals surface area contributed by atoms with Gasteiger partial charge in [-0.3, -0.25) is 9.59 Å². The summed E-state index contributed by atoms with van der Waals surface area (Å²) in [7, 11) is 1.52. The fourth-order valence-electron chi connectivity index (χ4n) is 3.34. The van der Waals surface area contributed by atoms with Gasteiger partial charge in [-0.15, -0.1) is 0 Å². The Morgan fingerprint density at radius 1 is 1.23 bits per heavy atom. The molecule has 0 bridgehead atoms. The molecule has 0 spiro atoms. The maximum absolute atomic E-state index is 12.9. The first kappa shape index (κ1) is 21.8. The molecule has 3 rings (SSSR count). The predicted molar refractivity (Wildman–Crippen MR) is 117 cm³/mol. The van der Waals surface area contributed by atoms with Crippen LogP contribution >= 0.6 is 15.9 Å². The number of hydrogen-bond acceptors (Lipinski definition) is 5. The second-order valence-corrected chi connectivity index (χ2v) is 7.58. The van der Waals surface area contributed by atoms with Gasteiger partial charge in [0.15, 0.2) is 0 Å². The summed E-state index contributed by atoms with van der Waals surface area (Å²) in [4.78, 5) is 27.1. The van der Waals surface area contributed by atoms with Crippen molar-refractivity contribution in [1.82, 2.24) is 4.90 Å². The molecule has 0 aliphatic carbocycles. The summed E-state index contributed by atoms with van der Waals surface area (Å²) in [5.41, 5.74) is 1.15. The molecule has 1 amide bonds. The van der Waals surface area contributed by atoms with E-state index in [9.17, 15) is 14.7 Å².